The summed E-state index contributed by atoms with van der Waals surface area (Å²) in [5.74, 6) is 2.71. The van der Waals surface area contributed by atoms with Gasteiger partial charge in [0.05, 0.1) is 12.2 Å². The van der Waals surface area contributed by atoms with Crippen molar-refractivity contribution in [2.45, 2.75) is 63.9 Å². The molecule has 1 aliphatic carbocycles. The molecule has 1 aliphatic heterocycles. The predicted molar refractivity (Wildman–Crippen MR) is 96.8 cm³/mol. The molecule has 0 radical (unpaired) electrons. The molecule has 2 heterocycles. The van der Waals surface area contributed by atoms with Gasteiger partial charge in [-0.15, -0.1) is 0 Å². The van der Waals surface area contributed by atoms with E-state index in [2.05, 4.69) is 23.7 Å². The third-order valence-electron chi connectivity index (χ3n) is 5.09. The van der Waals surface area contributed by atoms with Gasteiger partial charge in [-0.3, -0.25) is 0 Å². The first-order valence-corrected chi connectivity index (χ1v) is 9.31. The number of anilines is 2. The molecule has 0 bridgehead atoms. The van der Waals surface area contributed by atoms with Gasteiger partial charge in [-0.2, -0.15) is 15.0 Å². The van der Waals surface area contributed by atoms with Crippen molar-refractivity contribution < 1.29 is 4.74 Å². The molecule has 2 aliphatic rings. The summed E-state index contributed by atoms with van der Waals surface area (Å²) >= 11 is 0. The second kappa shape index (κ2) is 7.21. The molecule has 3 rings (SSSR count). The van der Waals surface area contributed by atoms with Gasteiger partial charge in [-0.05, 0) is 12.8 Å². The molecule has 1 spiro atoms. The van der Waals surface area contributed by atoms with E-state index < -0.39 is 0 Å². The zero-order chi connectivity index (χ0) is 17.2. The fraction of sp³-hybridized carbons (Fsp3) is 0.833. The summed E-state index contributed by atoms with van der Waals surface area (Å²) in [7, 11) is 3.96. The summed E-state index contributed by atoms with van der Waals surface area (Å²) in [6.45, 7) is 6.78. The summed E-state index contributed by atoms with van der Waals surface area (Å²) in [4.78, 5) is 18.3. The average molecular weight is 333 g/mol. The maximum atomic E-state index is 6.27. The minimum Gasteiger partial charge on any atom is -0.371 e. The van der Waals surface area contributed by atoms with Gasteiger partial charge in [0.15, 0.2) is 0 Å². The first-order chi connectivity index (χ1) is 11.5. The molecule has 134 valence electrons. The number of ether oxygens (including phenoxy) is 1. The Labute approximate surface area is 145 Å². The number of aromatic nitrogens is 3. The van der Waals surface area contributed by atoms with Gasteiger partial charge >= 0.3 is 0 Å². The van der Waals surface area contributed by atoms with E-state index in [-0.39, 0.29) is 5.60 Å². The van der Waals surface area contributed by atoms with Crippen LogP contribution in [-0.2, 0) is 4.74 Å². The smallest absolute Gasteiger partial charge is 0.230 e. The molecule has 1 saturated carbocycles. The van der Waals surface area contributed by atoms with Crippen LogP contribution in [0.4, 0.5) is 11.9 Å². The highest BCUT2D eigenvalue weighted by Gasteiger charge is 2.38. The van der Waals surface area contributed by atoms with Crippen LogP contribution in [0.2, 0.25) is 0 Å². The van der Waals surface area contributed by atoms with Crippen molar-refractivity contribution in [3.8, 4) is 0 Å². The lowest BCUT2D eigenvalue weighted by Crippen LogP contribution is -2.52. The Morgan fingerprint density at radius 2 is 1.75 bits per heavy atom. The van der Waals surface area contributed by atoms with E-state index in [1.165, 1.54) is 25.7 Å². The molecule has 6 heteroatoms. The highest BCUT2D eigenvalue weighted by molar-refractivity contribution is 5.39. The molecule has 0 unspecified atom stereocenters. The summed E-state index contributed by atoms with van der Waals surface area (Å²) in [6, 6.07) is 0. The molecule has 1 aromatic heterocycles. The number of nitrogens with zero attached hydrogens (tertiary/aromatic N) is 5. The number of hydrogen-bond donors (Lipinski definition) is 0. The molecule has 0 aromatic carbocycles. The molecular formula is C18H31N5O. The highest BCUT2D eigenvalue weighted by Crippen LogP contribution is 2.34. The van der Waals surface area contributed by atoms with E-state index >= 15 is 0 Å². The van der Waals surface area contributed by atoms with Gasteiger partial charge in [0.25, 0.3) is 0 Å². The standard InChI is InChI=1S/C18H31N5O/c1-14(2)15-19-16(22(3)4)21-17(20-15)23-11-12-24-18(13-23)9-7-5-6-8-10-18/h14H,5-13H2,1-4H3. The van der Waals surface area contributed by atoms with Crippen molar-refractivity contribution in [2.24, 2.45) is 0 Å². The van der Waals surface area contributed by atoms with Crippen LogP contribution in [0.3, 0.4) is 0 Å². The quantitative estimate of drug-likeness (QED) is 0.847. The van der Waals surface area contributed by atoms with Crippen LogP contribution in [0.15, 0.2) is 0 Å². The van der Waals surface area contributed by atoms with E-state index in [9.17, 15) is 0 Å². The fourth-order valence-electron chi connectivity index (χ4n) is 3.66. The first-order valence-electron chi connectivity index (χ1n) is 9.31. The predicted octanol–water partition coefficient (Wildman–Crippen LogP) is 2.99. The Morgan fingerprint density at radius 1 is 1.04 bits per heavy atom. The molecule has 0 amide bonds. The van der Waals surface area contributed by atoms with Crippen molar-refractivity contribution in [3.63, 3.8) is 0 Å². The molecule has 6 nitrogen and oxygen atoms in total. The molecule has 2 fully saturated rings. The third kappa shape index (κ3) is 3.79. The van der Waals surface area contributed by atoms with E-state index in [1.807, 2.05) is 19.0 Å². The Kier molecular flexibility index (Phi) is 5.23. The van der Waals surface area contributed by atoms with E-state index in [4.69, 9.17) is 14.7 Å². The summed E-state index contributed by atoms with van der Waals surface area (Å²) < 4.78 is 6.27. The molecule has 0 atom stereocenters. The van der Waals surface area contributed by atoms with Crippen LogP contribution in [0.1, 0.15) is 64.1 Å². The lowest BCUT2D eigenvalue weighted by Gasteiger charge is -2.42. The Balaban J connectivity index is 1.87. The van der Waals surface area contributed by atoms with Crippen LogP contribution in [0.5, 0.6) is 0 Å². The van der Waals surface area contributed by atoms with Crippen molar-refractivity contribution in [3.05, 3.63) is 5.82 Å². The fourth-order valence-corrected chi connectivity index (χ4v) is 3.66. The van der Waals surface area contributed by atoms with Crippen molar-refractivity contribution in [1.82, 2.24) is 15.0 Å². The zero-order valence-corrected chi connectivity index (χ0v) is 15.6. The van der Waals surface area contributed by atoms with Gasteiger partial charge in [-0.25, -0.2) is 0 Å². The SMILES string of the molecule is CC(C)c1nc(N(C)C)nc(N2CCOC3(CCCCCC3)C2)n1. The second-order valence-electron chi connectivity index (χ2n) is 7.71. The van der Waals surface area contributed by atoms with E-state index in [0.717, 1.165) is 50.3 Å². The molecule has 1 saturated heterocycles. The lowest BCUT2D eigenvalue weighted by atomic mass is 9.92. The number of rotatable bonds is 3. The van der Waals surface area contributed by atoms with Crippen LogP contribution < -0.4 is 9.80 Å². The average Bonchev–Trinajstić information content (AvgIpc) is 2.80. The van der Waals surface area contributed by atoms with E-state index in [1.54, 1.807) is 0 Å². The lowest BCUT2D eigenvalue weighted by molar-refractivity contribution is -0.0656. The summed E-state index contributed by atoms with van der Waals surface area (Å²) in [5.41, 5.74) is -0.00233. The number of hydrogen-bond acceptors (Lipinski definition) is 6. The monoisotopic (exact) mass is 333 g/mol. The van der Waals surface area contributed by atoms with Crippen molar-refractivity contribution >= 4 is 11.9 Å². The van der Waals surface area contributed by atoms with Crippen LogP contribution in [-0.4, -0.2) is 54.3 Å². The van der Waals surface area contributed by atoms with Gasteiger partial charge in [-0.1, -0.05) is 39.5 Å². The normalized spacial score (nSPS) is 21.1. The minimum atomic E-state index is -0.00233. The minimum absolute atomic E-state index is 0.00233. The highest BCUT2D eigenvalue weighted by atomic mass is 16.5. The molecule has 1 aromatic rings. The topological polar surface area (TPSA) is 54.4 Å². The van der Waals surface area contributed by atoms with Crippen LogP contribution in [0, 0.1) is 0 Å². The van der Waals surface area contributed by atoms with Crippen LogP contribution >= 0.6 is 0 Å². The van der Waals surface area contributed by atoms with Gasteiger partial charge < -0.3 is 14.5 Å². The van der Waals surface area contributed by atoms with Crippen molar-refractivity contribution in [2.75, 3.05) is 43.6 Å². The van der Waals surface area contributed by atoms with Crippen LogP contribution in [0.25, 0.3) is 0 Å². The van der Waals surface area contributed by atoms with Gasteiger partial charge in [0, 0.05) is 33.1 Å². The maximum absolute atomic E-state index is 6.27. The van der Waals surface area contributed by atoms with Gasteiger partial charge in [0.2, 0.25) is 11.9 Å². The second-order valence-corrected chi connectivity index (χ2v) is 7.71. The molecule has 24 heavy (non-hydrogen) atoms. The van der Waals surface area contributed by atoms with Crippen molar-refractivity contribution in [1.29, 1.82) is 0 Å². The largest absolute Gasteiger partial charge is 0.371 e. The summed E-state index contributed by atoms with van der Waals surface area (Å²) in [6.07, 6.45) is 7.52. The number of morpholine rings is 1. The Hall–Kier alpha value is -1.43. The Morgan fingerprint density at radius 3 is 2.38 bits per heavy atom. The van der Waals surface area contributed by atoms with E-state index in [0.29, 0.717) is 5.92 Å². The zero-order valence-electron chi connectivity index (χ0n) is 15.6. The maximum Gasteiger partial charge on any atom is 0.230 e. The summed E-state index contributed by atoms with van der Waals surface area (Å²) in [5, 5.41) is 0. The first kappa shape index (κ1) is 17.4. The third-order valence-corrected chi connectivity index (χ3v) is 5.09. The molecular weight excluding hydrogens is 302 g/mol. The molecule has 0 N–H and O–H groups in total. The van der Waals surface area contributed by atoms with Gasteiger partial charge in [0.1, 0.15) is 5.82 Å². The Bertz CT molecular complexity index is 526.